The second-order valence-corrected chi connectivity index (χ2v) is 9.61. The lowest BCUT2D eigenvalue weighted by Gasteiger charge is -2.14. The van der Waals surface area contributed by atoms with Crippen LogP contribution < -0.4 is 5.56 Å². The largest absolute Gasteiger partial charge is 0.296 e. The molecule has 0 saturated carbocycles. The van der Waals surface area contributed by atoms with Gasteiger partial charge in [0, 0.05) is 11.4 Å². The Hall–Kier alpha value is -3.65. The first-order valence-corrected chi connectivity index (χ1v) is 12.5. The fourth-order valence-corrected chi connectivity index (χ4v) is 5.23. The van der Waals surface area contributed by atoms with E-state index in [2.05, 4.69) is 11.2 Å². The monoisotopic (exact) mass is 468 g/mol. The predicted octanol–water partition coefficient (Wildman–Crippen LogP) is 5.44. The van der Waals surface area contributed by atoms with Crippen LogP contribution in [-0.2, 0) is 6.54 Å². The molecule has 4 aromatic heterocycles. The number of nitrogens with zero attached hydrogens (tertiary/aromatic N) is 6. The van der Waals surface area contributed by atoms with Gasteiger partial charge in [-0.1, -0.05) is 29.8 Å². The normalized spacial score (nSPS) is 14.6. The molecular formula is C26H24N6OS. The van der Waals surface area contributed by atoms with Gasteiger partial charge in [-0.25, -0.2) is 15.0 Å². The third-order valence-corrected chi connectivity index (χ3v) is 7.22. The summed E-state index contributed by atoms with van der Waals surface area (Å²) in [5.41, 5.74) is 4.43. The Labute approximate surface area is 200 Å². The highest BCUT2D eigenvalue weighted by molar-refractivity contribution is 7.11. The number of hydrogen-bond acceptors (Lipinski definition) is 6. The Morgan fingerprint density at radius 2 is 1.91 bits per heavy atom. The second kappa shape index (κ2) is 8.61. The van der Waals surface area contributed by atoms with Crippen molar-refractivity contribution in [2.24, 2.45) is 5.10 Å². The highest BCUT2D eigenvalue weighted by Crippen LogP contribution is 2.26. The molecule has 0 spiro atoms. The van der Waals surface area contributed by atoms with Crippen LogP contribution in [0.2, 0.25) is 0 Å². The van der Waals surface area contributed by atoms with Gasteiger partial charge >= 0.3 is 0 Å². The molecule has 0 N–H and O–H groups in total. The van der Waals surface area contributed by atoms with E-state index in [0.717, 1.165) is 35.2 Å². The van der Waals surface area contributed by atoms with Gasteiger partial charge in [-0.3, -0.25) is 9.36 Å². The van der Waals surface area contributed by atoms with Gasteiger partial charge < -0.3 is 0 Å². The number of para-hydroxylation sites is 2. The fourth-order valence-electron chi connectivity index (χ4n) is 4.65. The predicted molar refractivity (Wildman–Crippen MR) is 138 cm³/mol. The van der Waals surface area contributed by atoms with E-state index >= 15 is 0 Å². The van der Waals surface area contributed by atoms with E-state index in [1.165, 1.54) is 18.4 Å². The molecule has 0 unspecified atom stereocenters. The average Bonchev–Trinajstić information content (AvgIpc) is 3.47. The Balaban J connectivity index is 1.57. The molecule has 0 aliphatic heterocycles. The first-order chi connectivity index (χ1) is 16.7. The van der Waals surface area contributed by atoms with Crippen molar-refractivity contribution >= 4 is 50.8 Å². The standard InChI is InChI=1S/C26H24N6OS/c1-17-28-24-22(26(33)31(17)14-13-18-8-3-2-4-9-18)23-25(30-21-12-6-5-11-20(21)29-23)32(24)27-16-19-10-7-15-34-19/h5-8,10-12,15-16H,2-4,9,13-14H2,1H3. The number of aryl methyl sites for hydroxylation is 1. The van der Waals surface area contributed by atoms with Gasteiger partial charge in [0.25, 0.3) is 5.56 Å². The zero-order valence-electron chi connectivity index (χ0n) is 18.9. The van der Waals surface area contributed by atoms with Crippen LogP contribution in [0.15, 0.2) is 63.3 Å². The molecule has 6 rings (SSSR count). The van der Waals surface area contributed by atoms with Crippen LogP contribution in [0, 0.1) is 6.92 Å². The van der Waals surface area contributed by atoms with E-state index < -0.39 is 0 Å². The second-order valence-electron chi connectivity index (χ2n) is 8.63. The van der Waals surface area contributed by atoms with Crippen LogP contribution in [0.4, 0.5) is 0 Å². The van der Waals surface area contributed by atoms with Crippen molar-refractivity contribution in [3.63, 3.8) is 0 Å². The smallest absolute Gasteiger partial charge is 0.265 e. The van der Waals surface area contributed by atoms with Crippen LogP contribution in [-0.4, -0.2) is 30.4 Å². The van der Waals surface area contributed by atoms with Crippen LogP contribution in [0.25, 0.3) is 33.2 Å². The van der Waals surface area contributed by atoms with Crippen molar-refractivity contribution in [3.8, 4) is 0 Å². The van der Waals surface area contributed by atoms with E-state index in [9.17, 15) is 4.79 Å². The molecule has 5 aromatic rings. The van der Waals surface area contributed by atoms with E-state index in [1.54, 1.807) is 26.8 Å². The maximum absolute atomic E-state index is 13.8. The molecular weight excluding hydrogens is 444 g/mol. The number of benzene rings is 1. The molecule has 0 atom stereocenters. The molecule has 34 heavy (non-hydrogen) atoms. The number of hydrogen-bond donors (Lipinski definition) is 0. The third-order valence-electron chi connectivity index (χ3n) is 6.42. The number of fused-ring (bicyclic) bond motifs is 4. The van der Waals surface area contributed by atoms with Crippen molar-refractivity contribution in [2.45, 2.75) is 45.6 Å². The maximum Gasteiger partial charge on any atom is 0.265 e. The van der Waals surface area contributed by atoms with Gasteiger partial charge in [-0.05, 0) is 62.6 Å². The number of aromatic nitrogens is 5. The summed E-state index contributed by atoms with van der Waals surface area (Å²) in [6.45, 7) is 2.50. The van der Waals surface area contributed by atoms with Gasteiger partial charge in [-0.15, -0.1) is 11.3 Å². The summed E-state index contributed by atoms with van der Waals surface area (Å²) in [5, 5.41) is 7.16. The van der Waals surface area contributed by atoms with Crippen molar-refractivity contribution in [3.05, 3.63) is 74.5 Å². The fraction of sp³-hybridized carbons (Fsp3) is 0.269. The van der Waals surface area contributed by atoms with Crippen LogP contribution in [0.5, 0.6) is 0 Å². The lowest BCUT2D eigenvalue weighted by atomic mass is 9.97. The van der Waals surface area contributed by atoms with E-state index in [4.69, 9.17) is 15.0 Å². The van der Waals surface area contributed by atoms with Gasteiger partial charge in [0.05, 0.1) is 17.2 Å². The van der Waals surface area contributed by atoms with Crippen LogP contribution >= 0.6 is 11.3 Å². The van der Waals surface area contributed by atoms with Gasteiger partial charge in [0.15, 0.2) is 11.3 Å². The molecule has 8 heteroatoms. The summed E-state index contributed by atoms with van der Waals surface area (Å²) in [7, 11) is 0. The molecule has 0 fully saturated rings. The van der Waals surface area contributed by atoms with Crippen molar-refractivity contribution in [1.82, 2.24) is 24.2 Å². The number of thiophene rings is 1. The van der Waals surface area contributed by atoms with Crippen molar-refractivity contribution in [1.29, 1.82) is 0 Å². The minimum Gasteiger partial charge on any atom is -0.296 e. The van der Waals surface area contributed by atoms with Gasteiger partial charge in [-0.2, -0.15) is 9.78 Å². The first-order valence-electron chi connectivity index (χ1n) is 11.6. The lowest BCUT2D eigenvalue weighted by Crippen LogP contribution is -2.24. The molecule has 1 aromatic carbocycles. The van der Waals surface area contributed by atoms with Gasteiger partial charge in [0.2, 0.25) is 0 Å². The Bertz CT molecular complexity index is 1640. The molecule has 0 saturated heterocycles. The Kier molecular flexibility index (Phi) is 5.30. The van der Waals surface area contributed by atoms with E-state index in [0.29, 0.717) is 34.6 Å². The summed E-state index contributed by atoms with van der Waals surface area (Å²) >= 11 is 1.60. The highest BCUT2D eigenvalue weighted by Gasteiger charge is 2.21. The molecule has 0 radical (unpaired) electrons. The molecule has 0 bridgehead atoms. The quantitative estimate of drug-likeness (QED) is 0.254. The number of rotatable bonds is 5. The lowest BCUT2D eigenvalue weighted by molar-refractivity contribution is 0.597. The minimum atomic E-state index is -0.0847. The molecule has 0 amide bonds. The molecule has 4 heterocycles. The first kappa shape index (κ1) is 20.9. The molecule has 1 aliphatic rings. The molecule has 7 nitrogen and oxygen atoms in total. The van der Waals surface area contributed by atoms with Crippen LogP contribution in [0.1, 0.15) is 42.8 Å². The summed E-state index contributed by atoms with van der Waals surface area (Å²) in [6.07, 6.45) is 9.73. The minimum absolute atomic E-state index is 0.0847. The highest BCUT2D eigenvalue weighted by atomic mass is 32.1. The van der Waals surface area contributed by atoms with Crippen molar-refractivity contribution in [2.75, 3.05) is 0 Å². The summed E-state index contributed by atoms with van der Waals surface area (Å²) in [5.74, 6) is 0.675. The molecule has 170 valence electrons. The van der Waals surface area contributed by atoms with E-state index in [-0.39, 0.29) is 5.56 Å². The summed E-state index contributed by atoms with van der Waals surface area (Å²) in [4.78, 5) is 29.3. The topological polar surface area (TPSA) is 78.0 Å². The Morgan fingerprint density at radius 3 is 2.68 bits per heavy atom. The average molecular weight is 469 g/mol. The third kappa shape index (κ3) is 3.64. The summed E-state index contributed by atoms with van der Waals surface area (Å²) in [6, 6.07) is 11.7. The van der Waals surface area contributed by atoms with Crippen molar-refractivity contribution < 1.29 is 0 Å². The van der Waals surface area contributed by atoms with Gasteiger partial charge in [0.1, 0.15) is 16.7 Å². The summed E-state index contributed by atoms with van der Waals surface area (Å²) < 4.78 is 3.44. The zero-order chi connectivity index (χ0) is 23.1. The zero-order valence-corrected chi connectivity index (χ0v) is 19.8. The molecule has 1 aliphatic carbocycles. The van der Waals surface area contributed by atoms with E-state index in [1.807, 2.05) is 48.7 Å². The van der Waals surface area contributed by atoms with Crippen LogP contribution in [0.3, 0.4) is 0 Å². The Morgan fingerprint density at radius 1 is 1.06 bits per heavy atom. The SMILES string of the molecule is Cc1nc2c(c(=O)n1CCC1=CCCCC1)c1nc3ccccc3nc1n2N=Cc1cccs1. The number of allylic oxidation sites excluding steroid dienone is 2. The maximum atomic E-state index is 13.8.